The molecule has 2 heteroatoms. The van der Waals surface area contributed by atoms with Gasteiger partial charge in [-0.1, -0.05) is 190 Å². The lowest BCUT2D eigenvalue weighted by molar-refractivity contribution is 0.660. The van der Waals surface area contributed by atoms with E-state index >= 15 is 0 Å². The van der Waals surface area contributed by atoms with Gasteiger partial charge in [0, 0.05) is 38.7 Å². The normalized spacial score (nSPS) is 12.7. The second kappa shape index (κ2) is 14.6. The number of hydrogen-bond acceptors (Lipinski definition) is 1. The Labute approximate surface area is 368 Å². The van der Waals surface area contributed by atoms with E-state index in [1.165, 1.54) is 82.6 Å². The van der Waals surface area contributed by atoms with Gasteiger partial charge in [-0.15, -0.1) is 0 Å². The number of benzene rings is 10. The van der Waals surface area contributed by atoms with Crippen molar-refractivity contribution in [2.75, 3.05) is 4.90 Å². The first-order valence-corrected chi connectivity index (χ1v) is 21.9. The molecule has 2 nitrogen and oxygen atoms in total. The van der Waals surface area contributed by atoms with E-state index in [-0.39, 0.29) is 5.41 Å². The molecule has 10 aromatic carbocycles. The van der Waals surface area contributed by atoms with Crippen LogP contribution < -0.4 is 4.90 Å². The van der Waals surface area contributed by atoms with Crippen LogP contribution in [0.4, 0.5) is 17.1 Å². The van der Waals surface area contributed by atoms with Crippen molar-refractivity contribution in [3.05, 3.63) is 242 Å². The van der Waals surface area contributed by atoms with Gasteiger partial charge in [0.15, 0.2) is 0 Å². The molecular weight excluding hydrogens is 761 g/mol. The maximum Gasteiger partial charge on any atom is 0.0547 e. The Morgan fingerprint density at radius 1 is 0.381 bits per heavy atom. The number of hydrogen-bond donors (Lipinski definition) is 0. The Morgan fingerprint density at radius 3 is 1.86 bits per heavy atom. The Kier molecular flexibility index (Phi) is 8.55. The molecule has 0 saturated carbocycles. The van der Waals surface area contributed by atoms with E-state index in [9.17, 15) is 0 Å². The first-order valence-electron chi connectivity index (χ1n) is 21.9. The number of rotatable bonds is 7. The first kappa shape index (κ1) is 36.9. The molecule has 1 aliphatic rings. The van der Waals surface area contributed by atoms with Crippen LogP contribution in [-0.2, 0) is 5.41 Å². The average molecular weight is 805 g/mol. The fraction of sp³-hybridized carbons (Fsp3) is 0.0492. The molecule has 12 rings (SSSR count). The van der Waals surface area contributed by atoms with Gasteiger partial charge in [-0.05, 0) is 110 Å². The highest BCUT2D eigenvalue weighted by Crippen LogP contribution is 2.53. The molecule has 1 aromatic heterocycles. The van der Waals surface area contributed by atoms with Crippen LogP contribution in [-0.4, -0.2) is 4.57 Å². The van der Waals surface area contributed by atoms with Crippen molar-refractivity contribution < 1.29 is 0 Å². The van der Waals surface area contributed by atoms with Crippen molar-refractivity contribution in [2.24, 2.45) is 0 Å². The minimum atomic E-state index is -0.118. The summed E-state index contributed by atoms with van der Waals surface area (Å²) < 4.78 is 2.41. The fourth-order valence-corrected chi connectivity index (χ4v) is 10.5. The number of aromatic nitrogens is 1. The van der Waals surface area contributed by atoms with E-state index in [2.05, 4.69) is 254 Å². The van der Waals surface area contributed by atoms with Gasteiger partial charge in [0.25, 0.3) is 0 Å². The molecule has 0 aliphatic heterocycles. The summed E-state index contributed by atoms with van der Waals surface area (Å²) in [6.45, 7) is 4.73. The minimum absolute atomic E-state index is 0.118. The van der Waals surface area contributed by atoms with Crippen molar-refractivity contribution >= 4 is 49.6 Å². The van der Waals surface area contributed by atoms with Crippen LogP contribution in [0.3, 0.4) is 0 Å². The maximum absolute atomic E-state index is 2.51. The predicted octanol–water partition coefficient (Wildman–Crippen LogP) is 16.7. The summed E-state index contributed by atoms with van der Waals surface area (Å²) in [5, 5.41) is 4.88. The highest BCUT2D eigenvalue weighted by atomic mass is 15.1. The Balaban J connectivity index is 1.14. The third-order valence-corrected chi connectivity index (χ3v) is 13.4. The van der Waals surface area contributed by atoms with Crippen LogP contribution in [0.5, 0.6) is 0 Å². The van der Waals surface area contributed by atoms with Gasteiger partial charge in [-0.3, -0.25) is 0 Å². The van der Waals surface area contributed by atoms with Gasteiger partial charge in [0.1, 0.15) is 0 Å². The number of nitrogens with zero attached hydrogens (tertiary/aromatic N) is 2. The summed E-state index contributed by atoms with van der Waals surface area (Å²) in [5.41, 5.74) is 19.2. The predicted molar refractivity (Wildman–Crippen MR) is 267 cm³/mol. The van der Waals surface area contributed by atoms with E-state index in [0.29, 0.717) is 0 Å². The SMILES string of the molecule is CC1(C)c2ccccc2-c2ccc(-c3cccc(N(c4ccc5ccccc5c4)c4ccccc4-c4cccc5c4c4ccccc4n5-c4ccccc4)c3-c3ccccc3)cc21. The van der Waals surface area contributed by atoms with Gasteiger partial charge in [-0.25, -0.2) is 0 Å². The third kappa shape index (κ3) is 5.86. The van der Waals surface area contributed by atoms with Gasteiger partial charge in [-0.2, -0.15) is 0 Å². The number of fused-ring (bicyclic) bond motifs is 7. The highest BCUT2D eigenvalue weighted by Gasteiger charge is 2.35. The number of anilines is 3. The maximum atomic E-state index is 2.51. The summed E-state index contributed by atoms with van der Waals surface area (Å²) in [4.78, 5) is 2.51. The quantitative estimate of drug-likeness (QED) is 0.156. The lowest BCUT2D eigenvalue weighted by Gasteiger charge is -2.31. The van der Waals surface area contributed by atoms with Crippen molar-refractivity contribution in [3.63, 3.8) is 0 Å². The third-order valence-electron chi connectivity index (χ3n) is 13.4. The molecular formula is C61H44N2. The van der Waals surface area contributed by atoms with Crippen molar-refractivity contribution in [1.29, 1.82) is 0 Å². The van der Waals surface area contributed by atoms with Gasteiger partial charge in [0.05, 0.1) is 22.4 Å². The van der Waals surface area contributed by atoms with Crippen LogP contribution in [0.15, 0.2) is 231 Å². The summed E-state index contributed by atoms with van der Waals surface area (Å²) in [7, 11) is 0. The average Bonchev–Trinajstić information content (AvgIpc) is 3.80. The Morgan fingerprint density at radius 2 is 1.00 bits per heavy atom. The lowest BCUT2D eigenvalue weighted by atomic mass is 9.81. The summed E-state index contributed by atoms with van der Waals surface area (Å²) in [6.07, 6.45) is 0. The van der Waals surface area contributed by atoms with E-state index in [0.717, 1.165) is 28.3 Å². The molecule has 0 radical (unpaired) electrons. The smallest absolute Gasteiger partial charge is 0.0547 e. The van der Waals surface area contributed by atoms with E-state index < -0.39 is 0 Å². The largest absolute Gasteiger partial charge is 0.309 e. The molecule has 0 atom stereocenters. The van der Waals surface area contributed by atoms with Crippen LogP contribution in [0, 0.1) is 0 Å². The molecule has 11 aromatic rings. The van der Waals surface area contributed by atoms with Crippen molar-refractivity contribution in [2.45, 2.75) is 19.3 Å². The topological polar surface area (TPSA) is 8.17 Å². The second-order valence-corrected chi connectivity index (χ2v) is 17.3. The van der Waals surface area contributed by atoms with Crippen LogP contribution in [0.2, 0.25) is 0 Å². The van der Waals surface area contributed by atoms with Crippen molar-refractivity contribution in [3.8, 4) is 50.2 Å². The minimum Gasteiger partial charge on any atom is -0.309 e. The zero-order chi connectivity index (χ0) is 42.1. The van der Waals surface area contributed by atoms with E-state index in [1.54, 1.807) is 0 Å². The zero-order valence-corrected chi connectivity index (χ0v) is 35.3. The standard InChI is InChI=1S/C61H44N2/c1-61(2)53-30-14-11-25-48(53)49-38-36-44(40-54(49)61)47-28-17-33-57(59(47)42-20-5-3-6-21-42)63(46-37-35-41-19-9-10-22-43(41)39-46)55-31-15-12-26-50(55)51-29-18-34-58-60(51)52-27-13-16-32-56(52)62(58)45-23-7-4-8-24-45/h3-40H,1-2H3. The summed E-state index contributed by atoms with van der Waals surface area (Å²) >= 11 is 0. The number of para-hydroxylation sites is 3. The molecule has 0 unspecified atom stereocenters. The van der Waals surface area contributed by atoms with Gasteiger partial charge in [0.2, 0.25) is 0 Å². The fourth-order valence-electron chi connectivity index (χ4n) is 10.5. The van der Waals surface area contributed by atoms with Crippen LogP contribution >= 0.6 is 0 Å². The molecule has 0 bridgehead atoms. The first-order chi connectivity index (χ1) is 31.0. The van der Waals surface area contributed by atoms with Crippen LogP contribution in [0.25, 0.3) is 82.8 Å². The van der Waals surface area contributed by atoms with Crippen LogP contribution in [0.1, 0.15) is 25.0 Å². The van der Waals surface area contributed by atoms with E-state index in [4.69, 9.17) is 0 Å². The molecule has 63 heavy (non-hydrogen) atoms. The van der Waals surface area contributed by atoms with Gasteiger partial charge >= 0.3 is 0 Å². The molecule has 0 spiro atoms. The lowest BCUT2D eigenvalue weighted by Crippen LogP contribution is -2.15. The van der Waals surface area contributed by atoms with Crippen molar-refractivity contribution in [1.82, 2.24) is 4.57 Å². The molecule has 0 fully saturated rings. The molecule has 0 N–H and O–H groups in total. The van der Waals surface area contributed by atoms with Gasteiger partial charge < -0.3 is 9.47 Å². The highest BCUT2D eigenvalue weighted by molar-refractivity contribution is 6.17. The molecule has 298 valence electrons. The Hall–Kier alpha value is -7.94. The molecule has 1 aliphatic carbocycles. The molecule has 0 saturated heterocycles. The summed E-state index contributed by atoms with van der Waals surface area (Å²) in [6, 6.07) is 84.8. The van der Waals surface area contributed by atoms with E-state index in [1.807, 2.05) is 0 Å². The zero-order valence-electron chi connectivity index (χ0n) is 35.3. The summed E-state index contributed by atoms with van der Waals surface area (Å²) in [5.74, 6) is 0. The monoisotopic (exact) mass is 804 g/mol. The molecule has 0 amide bonds. The Bertz CT molecular complexity index is 3540. The molecule has 1 heterocycles. The second-order valence-electron chi connectivity index (χ2n) is 17.3.